The molecule has 0 radical (unpaired) electrons. The van der Waals surface area contributed by atoms with E-state index in [0.717, 1.165) is 102 Å². The fourth-order valence-corrected chi connectivity index (χ4v) is 15.0. The summed E-state index contributed by atoms with van der Waals surface area (Å²) >= 11 is 0. The number of aliphatic hydroxyl groups excluding tert-OH is 1. The number of ether oxygens (including phenoxy) is 4. The second-order valence-corrected chi connectivity index (χ2v) is 34.8. The minimum absolute atomic E-state index is 0.107. The molecule has 0 fully saturated rings. The SMILES string of the molecule is CCCCCCCCCCCCCCCCCCCCCCC(=O)O[C@H](COC(=O)CCCCCCCCCCCCCCCCCCC(C)C)COP(=O)(O)OC[C@@H](O)COP(=O)(O)OC[C@@H](COC(=O)CCCCCCCCCCCCCCC)OC(=O)CCCCCCCCCCCCC(C)C. The molecule has 0 spiro atoms. The zero-order valence-electron chi connectivity index (χ0n) is 69.0. The van der Waals surface area contributed by atoms with E-state index in [1.165, 1.54) is 276 Å². The summed E-state index contributed by atoms with van der Waals surface area (Å²) in [5, 5.41) is 10.7. The van der Waals surface area contributed by atoms with Crippen LogP contribution in [0, 0.1) is 11.8 Å². The molecule has 5 atom stereocenters. The molecule has 624 valence electrons. The first-order chi connectivity index (χ1) is 50.9. The molecule has 0 aliphatic heterocycles. The van der Waals surface area contributed by atoms with Gasteiger partial charge in [-0.3, -0.25) is 37.3 Å². The van der Waals surface area contributed by atoms with Crippen LogP contribution in [0.15, 0.2) is 0 Å². The molecule has 0 aliphatic carbocycles. The number of carbonyl (C=O) groups excluding carboxylic acids is 4. The van der Waals surface area contributed by atoms with Crippen molar-refractivity contribution in [1.29, 1.82) is 0 Å². The van der Waals surface area contributed by atoms with E-state index in [9.17, 15) is 43.2 Å². The molecule has 2 unspecified atom stereocenters. The van der Waals surface area contributed by atoms with Gasteiger partial charge in [-0.05, 0) is 37.5 Å². The minimum Gasteiger partial charge on any atom is -0.462 e. The zero-order chi connectivity index (χ0) is 77.1. The number of esters is 4. The maximum Gasteiger partial charge on any atom is 0.472 e. The maximum absolute atomic E-state index is 13.2. The Labute approximate surface area is 645 Å². The van der Waals surface area contributed by atoms with Crippen molar-refractivity contribution in [2.45, 2.75) is 477 Å². The molecule has 3 N–H and O–H groups in total. The summed E-state index contributed by atoms with van der Waals surface area (Å²) in [5.74, 6) is -0.536. The molecule has 17 nitrogen and oxygen atoms in total. The highest BCUT2D eigenvalue weighted by atomic mass is 31.2. The lowest BCUT2D eigenvalue weighted by Gasteiger charge is -2.21. The van der Waals surface area contributed by atoms with E-state index < -0.39 is 97.5 Å². The monoisotopic (exact) mass is 1540 g/mol. The van der Waals surface area contributed by atoms with Crippen LogP contribution in [0.4, 0.5) is 0 Å². The van der Waals surface area contributed by atoms with Gasteiger partial charge < -0.3 is 33.8 Å². The van der Waals surface area contributed by atoms with Crippen molar-refractivity contribution in [3.05, 3.63) is 0 Å². The van der Waals surface area contributed by atoms with E-state index >= 15 is 0 Å². The van der Waals surface area contributed by atoms with E-state index in [2.05, 4.69) is 41.5 Å². The summed E-state index contributed by atoms with van der Waals surface area (Å²) in [7, 11) is -9.93. The lowest BCUT2D eigenvalue weighted by Crippen LogP contribution is -2.30. The second kappa shape index (κ2) is 77.4. The molecule has 0 aliphatic rings. The van der Waals surface area contributed by atoms with E-state index in [1.807, 2.05) is 0 Å². The lowest BCUT2D eigenvalue weighted by atomic mass is 10.0. The summed E-state index contributed by atoms with van der Waals surface area (Å²) in [5.41, 5.74) is 0. The van der Waals surface area contributed by atoms with Crippen molar-refractivity contribution in [3.8, 4) is 0 Å². The molecule has 0 saturated heterocycles. The number of unbranched alkanes of at least 4 members (excludes halogenated alkanes) is 55. The summed E-state index contributed by atoms with van der Waals surface area (Å²) in [6.45, 7) is 9.69. The largest absolute Gasteiger partial charge is 0.472 e. The van der Waals surface area contributed by atoms with Gasteiger partial charge in [-0.25, -0.2) is 9.13 Å². The standard InChI is InChI=1S/C86H168O17P2/c1-7-9-11-13-15-17-19-21-22-23-24-25-26-31-35-39-46-52-58-64-70-85(90)102-81(74-97-84(89)69-63-57-51-45-38-34-30-28-27-29-33-36-42-48-54-60-66-78(3)4)76-100-104(92,93)98-72-80(87)73-99-105(94,95)101-77-82(103-86(91)71-65-59-53-47-41-40-43-49-55-61-67-79(5)6)75-96-83(88)68-62-56-50-44-37-32-20-18-16-14-12-10-8-2/h78-82,87H,7-77H2,1-6H3,(H,92,93)(H,94,95)/t80-,81-,82-/m1/s1. The van der Waals surface area contributed by atoms with Crippen LogP contribution in [0.3, 0.4) is 0 Å². The van der Waals surface area contributed by atoms with Crippen LogP contribution in [-0.4, -0.2) is 96.7 Å². The van der Waals surface area contributed by atoms with E-state index in [1.54, 1.807) is 0 Å². The molecule has 0 aromatic rings. The molecular weight excluding hydrogens is 1370 g/mol. The summed E-state index contributed by atoms with van der Waals surface area (Å²) in [6, 6.07) is 0. The van der Waals surface area contributed by atoms with Gasteiger partial charge in [0.25, 0.3) is 0 Å². The van der Waals surface area contributed by atoms with Gasteiger partial charge in [-0.15, -0.1) is 0 Å². The molecule has 0 bridgehead atoms. The smallest absolute Gasteiger partial charge is 0.462 e. The Morgan fingerprint density at radius 1 is 0.257 bits per heavy atom. The summed E-state index contributed by atoms with van der Waals surface area (Å²) in [4.78, 5) is 73.2. The van der Waals surface area contributed by atoms with Crippen molar-refractivity contribution in [3.63, 3.8) is 0 Å². The molecule has 19 heteroatoms. The predicted molar refractivity (Wildman–Crippen MR) is 432 cm³/mol. The van der Waals surface area contributed by atoms with Crippen LogP contribution in [0.1, 0.15) is 459 Å². The van der Waals surface area contributed by atoms with Crippen LogP contribution in [-0.2, 0) is 65.4 Å². The molecular formula is C86H168O17P2. The van der Waals surface area contributed by atoms with Crippen molar-refractivity contribution < 1.29 is 80.2 Å². The quantitative estimate of drug-likeness (QED) is 0.0222. The Morgan fingerprint density at radius 3 is 0.648 bits per heavy atom. The van der Waals surface area contributed by atoms with Gasteiger partial charge in [0.2, 0.25) is 0 Å². The number of phosphoric ester groups is 2. The Bertz CT molecular complexity index is 2010. The Hall–Kier alpha value is -1.94. The van der Waals surface area contributed by atoms with Crippen molar-refractivity contribution in [2.75, 3.05) is 39.6 Å². The highest BCUT2D eigenvalue weighted by Gasteiger charge is 2.30. The Balaban J connectivity index is 5.24. The molecule has 0 saturated carbocycles. The average molecular weight is 1540 g/mol. The van der Waals surface area contributed by atoms with Crippen LogP contribution < -0.4 is 0 Å². The van der Waals surface area contributed by atoms with Crippen LogP contribution in [0.25, 0.3) is 0 Å². The van der Waals surface area contributed by atoms with Crippen LogP contribution in [0.2, 0.25) is 0 Å². The Kier molecular flexibility index (Phi) is 76.0. The fourth-order valence-electron chi connectivity index (χ4n) is 13.4. The second-order valence-electron chi connectivity index (χ2n) is 31.9. The number of carbonyl (C=O) groups is 4. The normalized spacial score (nSPS) is 13.8. The van der Waals surface area contributed by atoms with E-state index in [-0.39, 0.29) is 25.7 Å². The first-order valence-electron chi connectivity index (χ1n) is 44.5. The van der Waals surface area contributed by atoms with Gasteiger partial charge >= 0.3 is 39.5 Å². The van der Waals surface area contributed by atoms with Crippen molar-refractivity contribution >= 4 is 39.5 Å². The molecule has 0 rings (SSSR count). The topological polar surface area (TPSA) is 237 Å². The van der Waals surface area contributed by atoms with Gasteiger partial charge in [0.15, 0.2) is 12.2 Å². The maximum atomic E-state index is 13.2. The fraction of sp³-hybridized carbons (Fsp3) is 0.953. The molecule has 0 aromatic carbocycles. The highest BCUT2D eigenvalue weighted by Crippen LogP contribution is 2.45. The van der Waals surface area contributed by atoms with Crippen molar-refractivity contribution in [2.24, 2.45) is 11.8 Å². The number of rotatable bonds is 85. The van der Waals surface area contributed by atoms with Crippen LogP contribution in [0.5, 0.6) is 0 Å². The minimum atomic E-state index is -4.97. The van der Waals surface area contributed by atoms with E-state index in [4.69, 9.17) is 37.0 Å². The van der Waals surface area contributed by atoms with Gasteiger partial charge in [0.05, 0.1) is 26.4 Å². The van der Waals surface area contributed by atoms with E-state index in [0.29, 0.717) is 25.7 Å². The molecule has 0 amide bonds. The number of hydrogen-bond acceptors (Lipinski definition) is 15. The van der Waals surface area contributed by atoms with Gasteiger partial charge in [-0.1, -0.05) is 408 Å². The number of hydrogen-bond donors (Lipinski definition) is 3. The third-order valence-electron chi connectivity index (χ3n) is 20.2. The highest BCUT2D eigenvalue weighted by molar-refractivity contribution is 7.47. The zero-order valence-corrected chi connectivity index (χ0v) is 70.8. The average Bonchev–Trinajstić information content (AvgIpc) is 0.911. The number of phosphoric acid groups is 2. The molecule has 0 aromatic heterocycles. The molecule has 105 heavy (non-hydrogen) atoms. The lowest BCUT2D eigenvalue weighted by molar-refractivity contribution is -0.161. The van der Waals surface area contributed by atoms with Crippen LogP contribution >= 0.6 is 15.6 Å². The van der Waals surface area contributed by atoms with Crippen molar-refractivity contribution in [1.82, 2.24) is 0 Å². The summed E-state index contributed by atoms with van der Waals surface area (Å²) in [6.07, 6.45) is 69.4. The first kappa shape index (κ1) is 103. The molecule has 0 heterocycles. The van der Waals surface area contributed by atoms with Gasteiger partial charge in [0.1, 0.15) is 19.3 Å². The van der Waals surface area contributed by atoms with Gasteiger partial charge in [0, 0.05) is 25.7 Å². The predicted octanol–water partition coefficient (Wildman–Crippen LogP) is 26.2. The number of aliphatic hydroxyl groups is 1. The van der Waals surface area contributed by atoms with Gasteiger partial charge in [-0.2, -0.15) is 0 Å². The first-order valence-corrected chi connectivity index (χ1v) is 47.5. The summed E-state index contributed by atoms with van der Waals surface area (Å²) < 4.78 is 68.9. The Morgan fingerprint density at radius 2 is 0.438 bits per heavy atom. The third kappa shape index (κ3) is 79.9. The third-order valence-corrected chi connectivity index (χ3v) is 22.1.